The molecule has 1 heterocycles. The van der Waals surface area contributed by atoms with Crippen molar-refractivity contribution in [2.75, 3.05) is 20.7 Å². The summed E-state index contributed by atoms with van der Waals surface area (Å²) in [7, 11) is 3.40. The van der Waals surface area contributed by atoms with Gasteiger partial charge in [0.05, 0.1) is 20.0 Å². The average Bonchev–Trinajstić information content (AvgIpc) is 3.28. The first-order valence-corrected chi connectivity index (χ1v) is 9.95. The third-order valence-corrected chi connectivity index (χ3v) is 4.59. The second kappa shape index (κ2) is 10.9. The molecule has 0 saturated carbocycles. The number of benzene rings is 2. The quantitative estimate of drug-likeness (QED) is 0.421. The number of para-hydroxylation sites is 2. The first kappa shape index (κ1) is 21.2. The lowest BCUT2D eigenvalue weighted by molar-refractivity contribution is 0.213. The average molecular weight is 408 g/mol. The van der Waals surface area contributed by atoms with Crippen LogP contribution in [-0.4, -0.2) is 42.3 Å². The Labute approximate surface area is 177 Å². The summed E-state index contributed by atoms with van der Waals surface area (Å²) in [6.45, 7) is 4.13. The predicted octanol–water partition coefficient (Wildman–Crippen LogP) is 3.07. The van der Waals surface area contributed by atoms with Crippen LogP contribution in [0.4, 0.5) is 0 Å². The molecular weight excluding hydrogens is 378 g/mol. The summed E-state index contributed by atoms with van der Waals surface area (Å²) in [6, 6.07) is 16.2. The van der Waals surface area contributed by atoms with Crippen LogP contribution in [0.3, 0.4) is 0 Å². The van der Waals surface area contributed by atoms with Crippen LogP contribution < -0.4 is 20.1 Å². The molecule has 0 saturated heterocycles. The summed E-state index contributed by atoms with van der Waals surface area (Å²) in [4.78, 5) is 8.36. The Morgan fingerprint density at radius 3 is 2.47 bits per heavy atom. The molecular formula is C23H29N5O2. The van der Waals surface area contributed by atoms with Gasteiger partial charge in [0.15, 0.2) is 17.5 Å². The van der Waals surface area contributed by atoms with Gasteiger partial charge >= 0.3 is 0 Å². The predicted molar refractivity (Wildman–Crippen MR) is 119 cm³/mol. The molecule has 0 amide bonds. The van der Waals surface area contributed by atoms with Crippen molar-refractivity contribution in [2.45, 2.75) is 26.1 Å². The van der Waals surface area contributed by atoms with E-state index in [9.17, 15) is 0 Å². The number of nitrogens with zero attached hydrogens (tertiary/aromatic N) is 3. The van der Waals surface area contributed by atoms with E-state index >= 15 is 0 Å². The third kappa shape index (κ3) is 6.27. The van der Waals surface area contributed by atoms with Crippen LogP contribution in [0.5, 0.6) is 11.5 Å². The van der Waals surface area contributed by atoms with E-state index in [0.29, 0.717) is 13.1 Å². The van der Waals surface area contributed by atoms with E-state index in [2.05, 4.69) is 44.9 Å². The Morgan fingerprint density at radius 2 is 1.80 bits per heavy atom. The standard InChI is InChI=1S/C23H29N5O2/c1-18(30-22-7-5-4-6-21(22)29-3)14-26-23(24-2)27-15-19-8-10-20(11-9-19)16-28-13-12-25-17-28/h4-13,17-18H,14-16H2,1-3H3,(H2,24,26,27). The summed E-state index contributed by atoms with van der Waals surface area (Å²) < 4.78 is 13.4. The van der Waals surface area contributed by atoms with Gasteiger partial charge in [0.1, 0.15) is 6.10 Å². The summed E-state index contributed by atoms with van der Waals surface area (Å²) in [5, 5.41) is 6.64. The topological polar surface area (TPSA) is 72.7 Å². The van der Waals surface area contributed by atoms with Crippen LogP contribution in [0.2, 0.25) is 0 Å². The highest BCUT2D eigenvalue weighted by Crippen LogP contribution is 2.26. The van der Waals surface area contributed by atoms with Crippen molar-refractivity contribution in [3.05, 3.63) is 78.4 Å². The molecule has 0 aliphatic heterocycles. The number of rotatable bonds is 9. The third-order valence-electron chi connectivity index (χ3n) is 4.59. The second-order valence-electron chi connectivity index (χ2n) is 6.94. The molecule has 1 atom stereocenters. The van der Waals surface area contributed by atoms with Crippen molar-refractivity contribution in [3.63, 3.8) is 0 Å². The maximum absolute atomic E-state index is 5.97. The molecule has 7 heteroatoms. The first-order chi connectivity index (χ1) is 14.7. The minimum Gasteiger partial charge on any atom is -0.493 e. The van der Waals surface area contributed by atoms with E-state index in [0.717, 1.165) is 24.0 Å². The minimum atomic E-state index is -0.0534. The lowest BCUT2D eigenvalue weighted by Gasteiger charge is -2.19. The second-order valence-corrected chi connectivity index (χ2v) is 6.94. The molecule has 0 aliphatic rings. The number of aromatic nitrogens is 2. The Morgan fingerprint density at radius 1 is 1.07 bits per heavy atom. The lowest BCUT2D eigenvalue weighted by atomic mass is 10.1. The van der Waals surface area contributed by atoms with Gasteiger partial charge in [0.2, 0.25) is 0 Å². The van der Waals surface area contributed by atoms with Crippen LogP contribution in [-0.2, 0) is 13.1 Å². The van der Waals surface area contributed by atoms with Crippen molar-refractivity contribution in [3.8, 4) is 11.5 Å². The van der Waals surface area contributed by atoms with Gasteiger partial charge in [0.25, 0.3) is 0 Å². The van der Waals surface area contributed by atoms with Gasteiger partial charge in [-0.2, -0.15) is 0 Å². The van der Waals surface area contributed by atoms with Crippen molar-refractivity contribution in [1.82, 2.24) is 20.2 Å². The summed E-state index contributed by atoms with van der Waals surface area (Å²) in [6.07, 6.45) is 5.52. The Bertz CT molecular complexity index is 923. The van der Waals surface area contributed by atoms with E-state index in [1.165, 1.54) is 11.1 Å². The molecule has 0 bridgehead atoms. The number of guanidine groups is 1. The molecule has 7 nitrogen and oxygen atoms in total. The van der Waals surface area contributed by atoms with Gasteiger partial charge in [-0.15, -0.1) is 0 Å². The van der Waals surface area contributed by atoms with E-state index in [4.69, 9.17) is 9.47 Å². The molecule has 2 aromatic carbocycles. The molecule has 1 aromatic heterocycles. The zero-order chi connectivity index (χ0) is 21.2. The van der Waals surface area contributed by atoms with Gasteiger partial charge < -0.3 is 24.7 Å². The molecule has 0 radical (unpaired) electrons. The first-order valence-electron chi connectivity index (χ1n) is 9.95. The highest BCUT2D eigenvalue weighted by atomic mass is 16.5. The number of hydrogen-bond acceptors (Lipinski definition) is 4. The van der Waals surface area contributed by atoms with Crippen LogP contribution in [0.25, 0.3) is 0 Å². The molecule has 1 unspecified atom stereocenters. The Hall–Kier alpha value is -3.48. The number of nitrogens with one attached hydrogen (secondary N) is 2. The molecule has 3 rings (SSSR count). The molecule has 30 heavy (non-hydrogen) atoms. The smallest absolute Gasteiger partial charge is 0.191 e. The fourth-order valence-electron chi connectivity index (χ4n) is 2.97. The summed E-state index contributed by atoms with van der Waals surface area (Å²) in [5.41, 5.74) is 2.42. The van der Waals surface area contributed by atoms with Crippen LogP contribution in [0.1, 0.15) is 18.1 Å². The zero-order valence-corrected chi connectivity index (χ0v) is 17.7. The Kier molecular flexibility index (Phi) is 7.71. The molecule has 3 aromatic rings. The van der Waals surface area contributed by atoms with Gasteiger partial charge in [0, 0.05) is 32.5 Å². The zero-order valence-electron chi connectivity index (χ0n) is 17.7. The molecule has 0 fully saturated rings. The van der Waals surface area contributed by atoms with Crippen molar-refractivity contribution < 1.29 is 9.47 Å². The molecule has 158 valence electrons. The highest BCUT2D eigenvalue weighted by molar-refractivity contribution is 5.79. The van der Waals surface area contributed by atoms with Crippen LogP contribution >= 0.6 is 0 Å². The van der Waals surface area contributed by atoms with Crippen molar-refractivity contribution in [2.24, 2.45) is 4.99 Å². The highest BCUT2D eigenvalue weighted by Gasteiger charge is 2.09. The Balaban J connectivity index is 1.44. The van der Waals surface area contributed by atoms with Gasteiger partial charge in [-0.25, -0.2) is 4.98 Å². The van der Waals surface area contributed by atoms with E-state index < -0.39 is 0 Å². The number of methoxy groups -OCH3 is 1. The van der Waals surface area contributed by atoms with Crippen LogP contribution in [0, 0.1) is 0 Å². The van der Waals surface area contributed by atoms with Gasteiger partial charge in [-0.3, -0.25) is 4.99 Å². The summed E-state index contributed by atoms with van der Waals surface area (Å²) in [5.74, 6) is 2.18. The van der Waals surface area contributed by atoms with Gasteiger partial charge in [-0.05, 0) is 30.2 Å². The minimum absolute atomic E-state index is 0.0534. The normalized spacial score (nSPS) is 12.3. The van der Waals surface area contributed by atoms with Gasteiger partial charge in [-0.1, -0.05) is 36.4 Å². The lowest BCUT2D eigenvalue weighted by Crippen LogP contribution is -2.41. The van der Waals surface area contributed by atoms with E-state index in [1.54, 1.807) is 20.4 Å². The van der Waals surface area contributed by atoms with Crippen molar-refractivity contribution in [1.29, 1.82) is 0 Å². The molecule has 0 spiro atoms. The molecule has 2 N–H and O–H groups in total. The fraction of sp³-hybridized carbons (Fsp3) is 0.304. The van der Waals surface area contributed by atoms with E-state index in [1.807, 2.05) is 48.3 Å². The van der Waals surface area contributed by atoms with E-state index in [-0.39, 0.29) is 6.10 Å². The number of imidazole rings is 1. The van der Waals surface area contributed by atoms with Crippen LogP contribution in [0.15, 0.2) is 72.2 Å². The fourth-order valence-corrected chi connectivity index (χ4v) is 2.97. The monoisotopic (exact) mass is 407 g/mol. The number of aliphatic imine (C=N–C) groups is 1. The number of hydrogen-bond donors (Lipinski definition) is 2. The maximum atomic E-state index is 5.97. The number of ether oxygens (including phenoxy) is 2. The summed E-state index contributed by atoms with van der Waals surface area (Å²) >= 11 is 0. The largest absolute Gasteiger partial charge is 0.493 e. The van der Waals surface area contributed by atoms with Crippen molar-refractivity contribution >= 4 is 5.96 Å². The molecule has 0 aliphatic carbocycles. The maximum Gasteiger partial charge on any atom is 0.191 e. The SMILES string of the molecule is CN=C(NCc1ccc(Cn2ccnc2)cc1)NCC(C)Oc1ccccc1OC.